The normalized spacial score (nSPS) is 19.5. The van der Waals surface area contributed by atoms with E-state index >= 15 is 0 Å². The molecule has 0 radical (unpaired) electrons. The zero-order chi connectivity index (χ0) is 32.0. The van der Waals surface area contributed by atoms with Gasteiger partial charge in [0.15, 0.2) is 0 Å². The van der Waals surface area contributed by atoms with E-state index in [0.29, 0.717) is 35.2 Å². The molecule has 0 saturated carbocycles. The maximum atomic E-state index is 13.2. The minimum absolute atomic E-state index is 0.00668. The average Bonchev–Trinajstić information content (AvgIpc) is 3.41. The number of halogens is 1. The molecule has 234 valence electrons. The van der Waals surface area contributed by atoms with Crippen LogP contribution in [0, 0.1) is 12.8 Å². The van der Waals surface area contributed by atoms with Gasteiger partial charge in [0.05, 0.1) is 23.4 Å². The molecule has 1 unspecified atom stereocenters. The third-order valence-electron chi connectivity index (χ3n) is 8.99. The van der Waals surface area contributed by atoms with Gasteiger partial charge in [-0.05, 0) is 36.6 Å². The van der Waals surface area contributed by atoms with E-state index < -0.39 is 23.8 Å². The summed E-state index contributed by atoms with van der Waals surface area (Å²) in [6.07, 6.45) is 1.46. The third-order valence-corrected chi connectivity index (χ3v) is 9.39. The van der Waals surface area contributed by atoms with Crippen molar-refractivity contribution >= 4 is 41.0 Å². The number of pyridine rings is 1. The number of carbonyl (C=O) groups excluding carboxylic acids is 4. The Kier molecular flexibility index (Phi) is 8.00. The van der Waals surface area contributed by atoms with Crippen molar-refractivity contribution in [1.29, 1.82) is 0 Å². The number of hydrogen-bond donors (Lipinski definition) is 2. The summed E-state index contributed by atoms with van der Waals surface area (Å²) in [4.78, 5) is 59.0. The largest absolute Gasteiger partial charge is 0.481 e. The number of aromatic nitrogens is 1. The van der Waals surface area contributed by atoms with Gasteiger partial charge in [-0.15, -0.1) is 0 Å². The van der Waals surface area contributed by atoms with E-state index in [1.165, 1.54) is 11.9 Å². The van der Waals surface area contributed by atoms with Crippen LogP contribution in [0.4, 0.5) is 10.5 Å². The van der Waals surface area contributed by atoms with Crippen LogP contribution in [0.25, 0.3) is 22.4 Å². The molecule has 12 heteroatoms. The van der Waals surface area contributed by atoms with Crippen LogP contribution in [-0.4, -0.2) is 89.8 Å². The molecule has 1 spiro atoms. The lowest BCUT2D eigenvalue weighted by Gasteiger charge is -2.48. The molecule has 11 nitrogen and oxygen atoms in total. The van der Waals surface area contributed by atoms with Gasteiger partial charge in [0.1, 0.15) is 5.92 Å². The lowest BCUT2D eigenvalue weighted by molar-refractivity contribution is -0.140. The number of hydrogen-bond acceptors (Lipinski definition) is 7. The molecule has 3 aromatic rings. The molecule has 6 rings (SSSR count). The van der Waals surface area contributed by atoms with Gasteiger partial charge in [0.2, 0.25) is 23.6 Å². The second kappa shape index (κ2) is 11.8. The zero-order valence-electron chi connectivity index (χ0n) is 25.6. The number of methoxy groups -OCH3 is 1. The Bertz CT molecular complexity index is 1720. The Morgan fingerprint density at radius 2 is 1.78 bits per heavy atom. The summed E-state index contributed by atoms with van der Waals surface area (Å²) < 4.78 is 5.67. The lowest BCUT2D eigenvalue weighted by atomic mass is 9.88. The number of urea groups is 1. The number of rotatable bonds is 7. The summed E-state index contributed by atoms with van der Waals surface area (Å²) in [5, 5.41) is 6.50. The lowest BCUT2D eigenvalue weighted by Crippen LogP contribution is -2.66. The molecule has 2 aromatic carbocycles. The van der Waals surface area contributed by atoms with E-state index in [9.17, 15) is 19.2 Å². The molecule has 4 heterocycles. The predicted molar refractivity (Wildman–Crippen MR) is 170 cm³/mol. The Morgan fingerprint density at radius 3 is 2.49 bits per heavy atom. The maximum absolute atomic E-state index is 13.2. The smallest absolute Gasteiger partial charge is 0.326 e. The molecular formula is C33H35ClN6O5. The molecule has 3 fully saturated rings. The fraction of sp³-hybridized carbons (Fsp3) is 0.364. The van der Waals surface area contributed by atoms with Crippen molar-refractivity contribution < 1.29 is 23.9 Å². The van der Waals surface area contributed by atoms with E-state index in [4.69, 9.17) is 21.3 Å². The monoisotopic (exact) mass is 630 g/mol. The highest BCUT2D eigenvalue weighted by molar-refractivity contribution is 6.36. The second-order valence-corrected chi connectivity index (χ2v) is 12.5. The van der Waals surface area contributed by atoms with Crippen molar-refractivity contribution in [2.75, 3.05) is 46.2 Å². The Labute approximate surface area is 266 Å². The summed E-state index contributed by atoms with van der Waals surface area (Å²) in [6, 6.07) is 14.7. The van der Waals surface area contributed by atoms with Crippen LogP contribution < -0.4 is 15.4 Å². The number of benzene rings is 2. The van der Waals surface area contributed by atoms with E-state index in [1.807, 2.05) is 49.4 Å². The van der Waals surface area contributed by atoms with Crippen molar-refractivity contribution in [1.82, 2.24) is 25.0 Å². The van der Waals surface area contributed by atoms with Crippen molar-refractivity contribution in [3.63, 3.8) is 0 Å². The molecule has 1 aromatic heterocycles. The topological polar surface area (TPSA) is 124 Å². The maximum Gasteiger partial charge on any atom is 0.326 e. The predicted octanol–water partition coefficient (Wildman–Crippen LogP) is 3.93. The minimum Gasteiger partial charge on any atom is -0.481 e. The molecule has 3 saturated heterocycles. The van der Waals surface area contributed by atoms with Crippen LogP contribution in [-0.2, 0) is 20.9 Å². The van der Waals surface area contributed by atoms with E-state index in [-0.39, 0.29) is 18.0 Å². The molecule has 1 atom stereocenters. The average molecular weight is 631 g/mol. The van der Waals surface area contributed by atoms with Crippen molar-refractivity contribution in [2.45, 2.75) is 31.8 Å². The molecule has 3 aliphatic heterocycles. The molecule has 5 amide bonds. The van der Waals surface area contributed by atoms with Crippen molar-refractivity contribution in [3.8, 4) is 28.3 Å². The van der Waals surface area contributed by atoms with Crippen LogP contribution >= 0.6 is 11.6 Å². The number of amides is 5. The van der Waals surface area contributed by atoms with Gasteiger partial charge in [-0.25, -0.2) is 9.78 Å². The summed E-state index contributed by atoms with van der Waals surface area (Å²) in [6.45, 7) is 4.16. The van der Waals surface area contributed by atoms with Gasteiger partial charge in [-0.1, -0.05) is 48.0 Å². The minimum atomic E-state index is -1.01. The third kappa shape index (κ3) is 5.62. The van der Waals surface area contributed by atoms with Gasteiger partial charge in [-0.3, -0.25) is 24.2 Å². The standard InChI is InChI=1S/C33H35ClN6O5/c1-19-21(7-6-10-25(19)35-29(42)24-16-38(2)32(44)39(3)31(24)43)22-8-5-9-23(28(22)34)26-12-11-20(30(36-26)45-4)15-40-17-33(18-40)14-13-27(41)37-33/h5-12,24H,13-18H2,1-4H3,(H,35,42)(H,37,41). The number of nitrogens with zero attached hydrogens (tertiary/aromatic N) is 4. The van der Waals surface area contributed by atoms with Crippen LogP contribution in [0.1, 0.15) is 24.0 Å². The molecule has 45 heavy (non-hydrogen) atoms. The van der Waals surface area contributed by atoms with Crippen molar-refractivity contribution in [2.24, 2.45) is 5.92 Å². The Morgan fingerprint density at radius 1 is 1.07 bits per heavy atom. The first-order valence-corrected chi connectivity index (χ1v) is 15.2. The highest BCUT2D eigenvalue weighted by Crippen LogP contribution is 2.40. The SMILES string of the molecule is COc1nc(-c2cccc(-c3cccc(NC(=O)C4CN(C)C(=O)N(C)C4=O)c3C)c2Cl)ccc1CN1CC2(CCC(=O)N2)C1. The van der Waals surface area contributed by atoms with Gasteiger partial charge < -0.3 is 20.3 Å². The Balaban J connectivity index is 1.22. The first kappa shape index (κ1) is 30.5. The number of imide groups is 1. The molecular weight excluding hydrogens is 596 g/mol. The number of nitrogens with one attached hydrogen (secondary N) is 2. The van der Waals surface area contributed by atoms with Gasteiger partial charge in [0.25, 0.3) is 0 Å². The quantitative estimate of drug-likeness (QED) is 0.379. The van der Waals surface area contributed by atoms with Crippen LogP contribution in [0.5, 0.6) is 5.88 Å². The second-order valence-electron chi connectivity index (χ2n) is 12.1. The van der Waals surface area contributed by atoms with Gasteiger partial charge >= 0.3 is 6.03 Å². The highest BCUT2D eigenvalue weighted by atomic mass is 35.5. The summed E-state index contributed by atoms with van der Waals surface area (Å²) in [5.41, 5.74) is 5.14. The Hall–Kier alpha value is -4.48. The fourth-order valence-corrected chi connectivity index (χ4v) is 6.84. The summed E-state index contributed by atoms with van der Waals surface area (Å²) >= 11 is 7.03. The van der Waals surface area contributed by atoms with Crippen LogP contribution in [0.3, 0.4) is 0 Å². The molecule has 0 aliphatic carbocycles. The fourth-order valence-electron chi connectivity index (χ4n) is 6.52. The zero-order valence-corrected chi connectivity index (χ0v) is 26.4. The van der Waals surface area contributed by atoms with Gasteiger partial charge in [0, 0.05) is 69.1 Å². The summed E-state index contributed by atoms with van der Waals surface area (Å²) in [7, 11) is 4.53. The van der Waals surface area contributed by atoms with E-state index in [2.05, 4.69) is 15.5 Å². The number of anilines is 1. The van der Waals surface area contributed by atoms with Crippen LogP contribution in [0.15, 0.2) is 48.5 Å². The number of carbonyl (C=O) groups is 4. The highest BCUT2D eigenvalue weighted by Gasteiger charge is 2.47. The van der Waals surface area contributed by atoms with E-state index in [0.717, 1.165) is 52.2 Å². The molecule has 3 aliphatic rings. The molecule has 2 N–H and O–H groups in total. The first-order chi connectivity index (χ1) is 21.5. The first-order valence-electron chi connectivity index (χ1n) is 14.8. The van der Waals surface area contributed by atoms with Crippen molar-refractivity contribution in [3.05, 3.63) is 64.7 Å². The van der Waals surface area contributed by atoms with E-state index in [1.54, 1.807) is 20.2 Å². The number of likely N-dealkylation sites (tertiary alicyclic amines) is 1. The number of ether oxygens (including phenoxy) is 1. The summed E-state index contributed by atoms with van der Waals surface area (Å²) in [5.74, 6) is -1.39. The molecule has 0 bridgehead atoms. The van der Waals surface area contributed by atoms with Crippen LogP contribution in [0.2, 0.25) is 5.02 Å². The van der Waals surface area contributed by atoms with Gasteiger partial charge in [-0.2, -0.15) is 0 Å².